The van der Waals surface area contributed by atoms with Crippen molar-refractivity contribution in [3.05, 3.63) is 24.2 Å². The molecule has 1 amide bonds. The number of allylic oxidation sites excluding steroid dienone is 1. The van der Waals surface area contributed by atoms with Crippen LogP contribution in [0.5, 0.6) is 0 Å². The van der Waals surface area contributed by atoms with Gasteiger partial charge in [0.25, 0.3) is 10.0 Å². The number of piperidine rings is 1. The molecule has 1 saturated heterocycles. The second kappa shape index (κ2) is 8.66. The van der Waals surface area contributed by atoms with Crippen LogP contribution in [0.3, 0.4) is 0 Å². The number of nitrogens with one attached hydrogen (secondary N) is 1. The Morgan fingerprint density at radius 2 is 2.04 bits per heavy atom. The van der Waals surface area contributed by atoms with Gasteiger partial charge in [0.2, 0.25) is 5.91 Å². The number of nitrogens with zero attached hydrogens (tertiary/aromatic N) is 3. The average Bonchev–Trinajstić information content (AvgIpc) is 2.98. The van der Waals surface area contributed by atoms with E-state index in [4.69, 9.17) is 0 Å². The first kappa shape index (κ1) is 21.1. The summed E-state index contributed by atoms with van der Waals surface area (Å²) in [5, 5.41) is 11.7. The summed E-state index contributed by atoms with van der Waals surface area (Å²) in [4.78, 5) is 27.7. The first-order chi connectivity index (χ1) is 12.7. The Morgan fingerprint density at radius 1 is 1.41 bits per heavy atom. The van der Waals surface area contributed by atoms with Crippen molar-refractivity contribution in [1.82, 2.24) is 19.2 Å². The van der Waals surface area contributed by atoms with Gasteiger partial charge in [0.15, 0.2) is 5.03 Å². The highest BCUT2D eigenvalue weighted by Gasteiger charge is 2.34. The summed E-state index contributed by atoms with van der Waals surface area (Å²) in [6.45, 7) is 3.90. The number of aryl methyl sites for hydroxylation is 2. The fraction of sp³-hybridized carbons (Fsp3) is 0.588. The van der Waals surface area contributed by atoms with E-state index in [-0.39, 0.29) is 30.4 Å². The molecular formula is C17H26N4O5S. The lowest BCUT2D eigenvalue weighted by molar-refractivity contribution is -0.142. The summed E-state index contributed by atoms with van der Waals surface area (Å²) in [5.74, 6) is -1.25. The van der Waals surface area contributed by atoms with Crippen LogP contribution < -0.4 is 5.32 Å². The Balaban J connectivity index is 1.97. The molecule has 1 aliphatic heterocycles. The highest BCUT2D eigenvalue weighted by atomic mass is 32.2. The summed E-state index contributed by atoms with van der Waals surface area (Å²) in [5.41, 5.74) is 0. The Kier molecular flexibility index (Phi) is 6.77. The zero-order chi connectivity index (χ0) is 20.2. The van der Waals surface area contributed by atoms with Gasteiger partial charge in [-0.1, -0.05) is 12.2 Å². The van der Waals surface area contributed by atoms with E-state index in [0.717, 1.165) is 0 Å². The number of carboxylic acids is 1. The number of carbonyl (C=O) groups excluding carboxylic acids is 1. The zero-order valence-electron chi connectivity index (χ0n) is 15.8. The van der Waals surface area contributed by atoms with Crippen LogP contribution >= 0.6 is 0 Å². The van der Waals surface area contributed by atoms with Crippen LogP contribution in [0.4, 0.5) is 0 Å². The van der Waals surface area contributed by atoms with Crippen LogP contribution in [0.2, 0.25) is 0 Å². The number of rotatable bonds is 7. The molecule has 10 heteroatoms. The second-order valence-corrected chi connectivity index (χ2v) is 8.50. The maximum atomic E-state index is 12.7. The third-order valence-corrected chi connectivity index (χ3v) is 6.51. The number of aromatic nitrogens is 2. The molecule has 0 spiro atoms. The van der Waals surface area contributed by atoms with Gasteiger partial charge in [-0.3, -0.25) is 4.79 Å². The highest BCUT2D eigenvalue weighted by molar-refractivity contribution is 7.89. The molecule has 0 saturated carbocycles. The first-order valence-electron chi connectivity index (χ1n) is 8.81. The van der Waals surface area contributed by atoms with E-state index >= 15 is 0 Å². The third kappa shape index (κ3) is 4.95. The lowest BCUT2D eigenvalue weighted by Gasteiger charge is -2.30. The fourth-order valence-corrected chi connectivity index (χ4v) is 4.42. The van der Waals surface area contributed by atoms with Crippen molar-refractivity contribution in [2.45, 2.75) is 44.2 Å². The van der Waals surface area contributed by atoms with Crippen LogP contribution in [0.15, 0.2) is 23.4 Å². The van der Waals surface area contributed by atoms with E-state index in [0.29, 0.717) is 18.7 Å². The van der Waals surface area contributed by atoms with E-state index in [9.17, 15) is 23.1 Å². The molecule has 9 nitrogen and oxygen atoms in total. The Labute approximate surface area is 159 Å². The average molecular weight is 398 g/mol. The summed E-state index contributed by atoms with van der Waals surface area (Å²) in [6, 6.07) is -0.980. The molecule has 2 rings (SSSR count). The number of sulfonamides is 1. The first-order valence-corrected chi connectivity index (χ1v) is 10.2. The monoisotopic (exact) mass is 398 g/mol. The van der Waals surface area contributed by atoms with E-state index in [1.807, 2.05) is 0 Å². The van der Waals surface area contributed by atoms with Gasteiger partial charge in [-0.15, -0.1) is 0 Å². The maximum Gasteiger partial charge on any atom is 0.326 e. The van der Waals surface area contributed by atoms with E-state index in [2.05, 4.69) is 10.3 Å². The molecule has 1 aromatic rings. The zero-order valence-corrected chi connectivity index (χ0v) is 16.6. The smallest absolute Gasteiger partial charge is 0.326 e. The SMILES string of the molecule is C/C=C/CC(NC(=O)C1CCN(S(=O)(=O)c2cn(C)c(C)n2)CC1)C(=O)O. The lowest BCUT2D eigenvalue weighted by atomic mass is 9.96. The number of aliphatic carboxylic acids is 1. The van der Waals surface area contributed by atoms with E-state index < -0.39 is 28.0 Å². The Hall–Kier alpha value is -2.20. The molecule has 0 aromatic carbocycles. The molecule has 150 valence electrons. The van der Waals surface area contributed by atoms with Gasteiger partial charge < -0.3 is 15.0 Å². The molecule has 0 bridgehead atoms. The van der Waals surface area contributed by atoms with Gasteiger partial charge in [-0.25, -0.2) is 18.2 Å². The maximum absolute atomic E-state index is 12.7. The summed E-state index contributed by atoms with van der Waals surface area (Å²) < 4.78 is 28.3. The second-order valence-electron chi connectivity index (χ2n) is 6.62. The number of amides is 1. The van der Waals surface area contributed by atoms with Crippen molar-refractivity contribution in [1.29, 1.82) is 0 Å². The van der Waals surface area contributed by atoms with Crippen LogP contribution in [0.1, 0.15) is 32.0 Å². The minimum Gasteiger partial charge on any atom is -0.480 e. The van der Waals surface area contributed by atoms with Crippen molar-refractivity contribution in [2.24, 2.45) is 13.0 Å². The van der Waals surface area contributed by atoms with Gasteiger partial charge in [0.05, 0.1) is 0 Å². The third-order valence-electron chi connectivity index (χ3n) is 4.74. The molecular weight excluding hydrogens is 372 g/mol. The standard InChI is InChI=1S/C17H26N4O5S/c1-4-5-6-14(17(23)24)19-16(22)13-7-9-21(10-8-13)27(25,26)15-11-20(3)12(2)18-15/h4-5,11,13-14H,6-10H2,1-3H3,(H,19,22)(H,23,24)/b5-4+. The Bertz CT molecular complexity index is 803. The molecule has 0 aliphatic carbocycles. The Morgan fingerprint density at radius 3 is 2.52 bits per heavy atom. The molecule has 1 fully saturated rings. The van der Waals surface area contributed by atoms with E-state index in [1.165, 1.54) is 10.5 Å². The molecule has 1 aromatic heterocycles. The summed E-state index contributed by atoms with van der Waals surface area (Å²) in [6.07, 6.45) is 5.78. The number of imidazole rings is 1. The lowest BCUT2D eigenvalue weighted by Crippen LogP contribution is -2.47. The molecule has 2 N–H and O–H groups in total. The van der Waals surface area contributed by atoms with Gasteiger partial charge in [0, 0.05) is 32.3 Å². The quantitative estimate of drug-likeness (QED) is 0.651. The molecule has 1 atom stereocenters. The summed E-state index contributed by atoms with van der Waals surface area (Å²) >= 11 is 0. The predicted octanol–water partition coefficient (Wildman–Crippen LogP) is 0.665. The van der Waals surface area contributed by atoms with Gasteiger partial charge >= 0.3 is 5.97 Å². The van der Waals surface area contributed by atoms with Crippen LogP contribution in [-0.4, -0.2) is 58.4 Å². The van der Waals surface area contributed by atoms with Gasteiger partial charge in [0.1, 0.15) is 11.9 Å². The van der Waals surface area contributed by atoms with Crippen molar-refractivity contribution in [3.8, 4) is 0 Å². The number of carbonyl (C=O) groups is 2. The van der Waals surface area contributed by atoms with Gasteiger partial charge in [-0.2, -0.15) is 4.31 Å². The molecule has 1 unspecified atom stereocenters. The molecule has 0 radical (unpaired) electrons. The van der Waals surface area contributed by atoms with Crippen LogP contribution in [-0.2, 0) is 26.7 Å². The molecule has 1 aliphatic rings. The highest BCUT2D eigenvalue weighted by Crippen LogP contribution is 2.23. The van der Waals surface area contributed by atoms with Crippen LogP contribution in [0.25, 0.3) is 0 Å². The summed E-state index contributed by atoms with van der Waals surface area (Å²) in [7, 11) is -1.97. The van der Waals surface area contributed by atoms with Crippen molar-refractivity contribution >= 4 is 21.9 Å². The predicted molar refractivity (Wildman–Crippen MR) is 98.4 cm³/mol. The van der Waals surface area contributed by atoms with Crippen LogP contribution in [0, 0.1) is 12.8 Å². The molecule has 2 heterocycles. The largest absolute Gasteiger partial charge is 0.480 e. The number of hydrogen-bond donors (Lipinski definition) is 2. The minimum atomic E-state index is -3.69. The fourth-order valence-electron chi connectivity index (χ4n) is 2.92. The van der Waals surface area contributed by atoms with Gasteiger partial charge in [-0.05, 0) is 33.1 Å². The molecule has 27 heavy (non-hydrogen) atoms. The number of hydrogen-bond acceptors (Lipinski definition) is 5. The van der Waals surface area contributed by atoms with E-state index in [1.54, 1.807) is 37.6 Å². The normalized spacial score (nSPS) is 17.9. The van der Waals surface area contributed by atoms with Crippen molar-refractivity contribution in [2.75, 3.05) is 13.1 Å². The number of carboxylic acid groups (broad SMARTS) is 1. The minimum absolute atomic E-state index is 0.00250. The van der Waals surface area contributed by atoms with Crippen molar-refractivity contribution < 1.29 is 23.1 Å². The topological polar surface area (TPSA) is 122 Å². The van der Waals surface area contributed by atoms with Crippen molar-refractivity contribution in [3.63, 3.8) is 0 Å².